The van der Waals surface area contributed by atoms with E-state index < -0.39 is 0 Å². The van der Waals surface area contributed by atoms with Gasteiger partial charge in [-0.3, -0.25) is 14.3 Å². The molecule has 1 fully saturated rings. The molecule has 7 heteroatoms. The summed E-state index contributed by atoms with van der Waals surface area (Å²) in [5, 5.41) is 4.50. The van der Waals surface area contributed by atoms with Crippen molar-refractivity contribution >= 4 is 23.4 Å². The first-order valence-corrected chi connectivity index (χ1v) is 9.19. The zero-order valence-electron chi connectivity index (χ0n) is 15.1. The SMILES string of the molecule is CC[C@H]1CN(C(=O)c2nn(C)cc2Cl)CCC(=O)N1Cc1ccccc1. The third-order valence-electron chi connectivity index (χ3n) is 4.73. The summed E-state index contributed by atoms with van der Waals surface area (Å²) in [6, 6.07) is 9.90. The standard InChI is InChI=1S/C19H23ClN4O2/c1-3-15-12-23(19(26)18-16(20)13-22(2)21-18)10-9-17(25)24(15)11-14-7-5-4-6-8-14/h4-8,13,15H,3,9-12H2,1-2H3/t15-/m0/s1. The van der Waals surface area contributed by atoms with Gasteiger partial charge in [0.15, 0.2) is 5.69 Å². The van der Waals surface area contributed by atoms with Gasteiger partial charge < -0.3 is 9.80 Å². The molecule has 138 valence electrons. The molecular weight excluding hydrogens is 352 g/mol. The summed E-state index contributed by atoms with van der Waals surface area (Å²) in [4.78, 5) is 29.2. The Morgan fingerprint density at radius 3 is 2.65 bits per heavy atom. The van der Waals surface area contributed by atoms with Crippen LogP contribution in [0.25, 0.3) is 0 Å². The van der Waals surface area contributed by atoms with Crippen molar-refractivity contribution < 1.29 is 9.59 Å². The van der Waals surface area contributed by atoms with Crippen LogP contribution in [0.15, 0.2) is 36.5 Å². The molecule has 1 aromatic carbocycles. The molecule has 1 atom stereocenters. The molecule has 2 heterocycles. The number of rotatable bonds is 4. The second kappa shape index (κ2) is 7.91. The molecule has 0 radical (unpaired) electrons. The van der Waals surface area contributed by atoms with Crippen LogP contribution in [0, 0.1) is 0 Å². The maximum absolute atomic E-state index is 12.9. The van der Waals surface area contributed by atoms with E-state index >= 15 is 0 Å². The van der Waals surface area contributed by atoms with E-state index in [0.717, 1.165) is 12.0 Å². The van der Waals surface area contributed by atoms with Gasteiger partial charge in [-0.1, -0.05) is 48.9 Å². The fraction of sp³-hybridized carbons (Fsp3) is 0.421. The number of aromatic nitrogens is 2. The number of carbonyl (C=O) groups excluding carboxylic acids is 2. The topological polar surface area (TPSA) is 58.4 Å². The van der Waals surface area contributed by atoms with Crippen molar-refractivity contribution in [2.45, 2.75) is 32.4 Å². The Labute approximate surface area is 158 Å². The maximum atomic E-state index is 12.9. The van der Waals surface area contributed by atoms with E-state index in [4.69, 9.17) is 11.6 Å². The van der Waals surface area contributed by atoms with Gasteiger partial charge in [-0.2, -0.15) is 5.10 Å². The number of hydrogen-bond donors (Lipinski definition) is 0. The van der Waals surface area contributed by atoms with Crippen molar-refractivity contribution in [3.05, 3.63) is 52.8 Å². The minimum Gasteiger partial charge on any atom is -0.335 e. The Bertz CT molecular complexity index is 790. The first kappa shape index (κ1) is 18.5. The lowest BCUT2D eigenvalue weighted by atomic mass is 10.1. The Balaban J connectivity index is 1.80. The van der Waals surface area contributed by atoms with Gasteiger partial charge >= 0.3 is 0 Å². The van der Waals surface area contributed by atoms with Gasteiger partial charge in [0.25, 0.3) is 5.91 Å². The van der Waals surface area contributed by atoms with Gasteiger partial charge in [0.05, 0.1) is 5.02 Å². The first-order chi connectivity index (χ1) is 12.5. The second-order valence-corrected chi connectivity index (χ2v) is 6.98. The summed E-state index contributed by atoms with van der Waals surface area (Å²) in [5.41, 5.74) is 1.33. The highest BCUT2D eigenvalue weighted by Crippen LogP contribution is 2.21. The molecule has 0 spiro atoms. The largest absolute Gasteiger partial charge is 0.335 e. The molecular formula is C19H23ClN4O2. The first-order valence-electron chi connectivity index (χ1n) is 8.81. The predicted molar refractivity (Wildman–Crippen MR) is 99.8 cm³/mol. The second-order valence-electron chi connectivity index (χ2n) is 6.57. The number of benzene rings is 1. The summed E-state index contributed by atoms with van der Waals surface area (Å²) in [5.74, 6) is -0.147. The third-order valence-corrected chi connectivity index (χ3v) is 5.01. The molecule has 6 nitrogen and oxygen atoms in total. The Kier molecular flexibility index (Phi) is 5.61. The Hall–Kier alpha value is -2.34. The van der Waals surface area contributed by atoms with Crippen LogP contribution < -0.4 is 0 Å². The van der Waals surface area contributed by atoms with Gasteiger partial charge in [-0.25, -0.2) is 0 Å². The molecule has 1 aromatic heterocycles. The minimum absolute atomic E-state index is 0.0309. The van der Waals surface area contributed by atoms with Crippen molar-refractivity contribution in [2.75, 3.05) is 13.1 Å². The van der Waals surface area contributed by atoms with Crippen molar-refractivity contribution in [1.82, 2.24) is 19.6 Å². The molecule has 1 saturated heterocycles. The molecule has 26 heavy (non-hydrogen) atoms. The van der Waals surface area contributed by atoms with E-state index in [1.54, 1.807) is 18.1 Å². The maximum Gasteiger partial charge on any atom is 0.275 e. The van der Waals surface area contributed by atoms with Gasteiger partial charge in [0.1, 0.15) is 0 Å². The van der Waals surface area contributed by atoms with Gasteiger partial charge in [0, 0.05) is 45.3 Å². The van der Waals surface area contributed by atoms with E-state index in [0.29, 0.717) is 31.1 Å². The van der Waals surface area contributed by atoms with E-state index in [2.05, 4.69) is 5.10 Å². The quantitative estimate of drug-likeness (QED) is 0.826. The van der Waals surface area contributed by atoms with Crippen molar-refractivity contribution in [2.24, 2.45) is 7.05 Å². The average molecular weight is 375 g/mol. The van der Waals surface area contributed by atoms with E-state index in [1.165, 1.54) is 4.68 Å². The van der Waals surface area contributed by atoms with Crippen LogP contribution in [-0.2, 0) is 18.4 Å². The highest BCUT2D eigenvalue weighted by atomic mass is 35.5. The minimum atomic E-state index is -0.219. The van der Waals surface area contributed by atoms with Crippen LogP contribution in [0.3, 0.4) is 0 Å². The average Bonchev–Trinajstić information content (AvgIpc) is 2.89. The fourth-order valence-corrected chi connectivity index (χ4v) is 3.57. The molecule has 0 saturated carbocycles. The summed E-state index contributed by atoms with van der Waals surface area (Å²) in [6.45, 7) is 3.47. The Morgan fingerprint density at radius 2 is 2.04 bits per heavy atom. The molecule has 0 unspecified atom stereocenters. The number of halogens is 1. The van der Waals surface area contributed by atoms with E-state index in [1.807, 2.05) is 42.2 Å². The van der Waals surface area contributed by atoms with Crippen LogP contribution in [-0.4, -0.2) is 50.5 Å². The predicted octanol–water partition coefficient (Wildman–Crippen LogP) is 2.73. The number of amides is 2. The number of hydrogen-bond acceptors (Lipinski definition) is 3. The zero-order valence-corrected chi connectivity index (χ0v) is 15.8. The molecule has 2 aromatic rings. The molecule has 2 amide bonds. The monoisotopic (exact) mass is 374 g/mol. The lowest BCUT2D eigenvalue weighted by Crippen LogP contribution is -2.43. The Morgan fingerprint density at radius 1 is 1.31 bits per heavy atom. The van der Waals surface area contributed by atoms with Crippen molar-refractivity contribution in [1.29, 1.82) is 0 Å². The van der Waals surface area contributed by atoms with Crippen LogP contribution >= 0.6 is 11.6 Å². The number of nitrogens with zero attached hydrogens (tertiary/aromatic N) is 4. The van der Waals surface area contributed by atoms with Gasteiger partial charge in [0.2, 0.25) is 5.91 Å². The van der Waals surface area contributed by atoms with E-state index in [9.17, 15) is 9.59 Å². The molecule has 3 rings (SSSR count). The van der Waals surface area contributed by atoms with E-state index in [-0.39, 0.29) is 23.6 Å². The van der Waals surface area contributed by atoms with Crippen molar-refractivity contribution in [3.8, 4) is 0 Å². The summed E-state index contributed by atoms with van der Waals surface area (Å²) in [6.07, 6.45) is 2.69. The smallest absolute Gasteiger partial charge is 0.275 e. The molecule has 0 aliphatic carbocycles. The van der Waals surface area contributed by atoms with Gasteiger partial charge in [-0.15, -0.1) is 0 Å². The third kappa shape index (κ3) is 3.90. The van der Waals surface area contributed by atoms with Crippen molar-refractivity contribution in [3.63, 3.8) is 0 Å². The van der Waals surface area contributed by atoms with Crippen LogP contribution in [0.2, 0.25) is 5.02 Å². The number of aryl methyl sites for hydroxylation is 1. The van der Waals surface area contributed by atoms with Crippen LogP contribution in [0.4, 0.5) is 0 Å². The molecule has 1 aliphatic heterocycles. The summed E-state index contributed by atoms with van der Waals surface area (Å²) < 4.78 is 1.53. The lowest BCUT2D eigenvalue weighted by Gasteiger charge is -2.31. The van der Waals surface area contributed by atoms with Crippen LogP contribution in [0.1, 0.15) is 35.8 Å². The zero-order chi connectivity index (χ0) is 18.7. The lowest BCUT2D eigenvalue weighted by molar-refractivity contribution is -0.133. The summed E-state index contributed by atoms with van der Waals surface area (Å²) in [7, 11) is 1.73. The highest BCUT2D eigenvalue weighted by Gasteiger charge is 2.32. The fourth-order valence-electron chi connectivity index (χ4n) is 3.31. The molecule has 1 aliphatic rings. The van der Waals surface area contributed by atoms with Crippen LogP contribution in [0.5, 0.6) is 0 Å². The molecule has 0 N–H and O–H groups in total. The normalized spacial score (nSPS) is 18.1. The van der Waals surface area contributed by atoms with Gasteiger partial charge in [-0.05, 0) is 12.0 Å². The molecule has 0 bridgehead atoms. The summed E-state index contributed by atoms with van der Waals surface area (Å²) >= 11 is 6.13. The highest BCUT2D eigenvalue weighted by molar-refractivity contribution is 6.33. The number of carbonyl (C=O) groups is 2.